The summed E-state index contributed by atoms with van der Waals surface area (Å²) in [5.74, 6) is 0.288. The number of rotatable bonds is 6. The molecular weight excluding hydrogens is 374 g/mol. The molecule has 0 aliphatic carbocycles. The number of hydrogen-bond acceptors (Lipinski definition) is 6. The average molecular weight is 396 g/mol. The van der Waals surface area contributed by atoms with Gasteiger partial charge in [-0.15, -0.1) is 17.5 Å². The van der Waals surface area contributed by atoms with E-state index < -0.39 is 9.84 Å². The molecule has 0 spiro atoms. The fourth-order valence-electron chi connectivity index (χ4n) is 2.78. The van der Waals surface area contributed by atoms with Gasteiger partial charge in [0.05, 0.1) is 4.90 Å². The Balaban J connectivity index is 0.00000243. The van der Waals surface area contributed by atoms with Crippen molar-refractivity contribution in [3.63, 3.8) is 0 Å². The van der Waals surface area contributed by atoms with Crippen LogP contribution in [0.15, 0.2) is 46.2 Å². The van der Waals surface area contributed by atoms with Gasteiger partial charge >= 0.3 is 0 Å². The van der Waals surface area contributed by atoms with E-state index in [9.17, 15) is 8.42 Å². The molecule has 0 atom stereocenters. The Kier molecular flexibility index (Phi) is 6.22. The summed E-state index contributed by atoms with van der Waals surface area (Å²) in [5.41, 5.74) is 7.58. The summed E-state index contributed by atoms with van der Waals surface area (Å²) >= 11 is 0. The standard InChI is InChI=1S/C17H21N5O2S.ClH/c1-12-11-13(7-6-10-18)22-17(20-12)15(16(19-2)21-22)25(23,24)14-8-4-3-5-9-14;/h3-5,8-9,11H,6-7,10,18H2,1-2H3,(H,19,21);1H. The van der Waals surface area contributed by atoms with Gasteiger partial charge in [-0.05, 0) is 44.5 Å². The number of nitrogens with two attached hydrogens (primary N) is 1. The van der Waals surface area contributed by atoms with Crippen LogP contribution < -0.4 is 11.1 Å². The highest BCUT2D eigenvalue weighted by atomic mass is 35.5. The van der Waals surface area contributed by atoms with Gasteiger partial charge in [-0.1, -0.05) is 18.2 Å². The predicted molar refractivity (Wildman–Crippen MR) is 104 cm³/mol. The van der Waals surface area contributed by atoms with Gasteiger partial charge < -0.3 is 11.1 Å². The van der Waals surface area contributed by atoms with Crippen molar-refractivity contribution in [2.24, 2.45) is 5.73 Å². The molecular formula is C17H22ClN5O2S. The van der Waals surface area contributed by atoms with Crippen molar-refractivity contribution in [2.75, 3.05) is 18.9 Å². The van der Waals surface area contributed by atoms with Gasteiger partial charge in [-0.25, -0.2) is 17.9 Å². The van der Waals surface area contributed by atoms with E-state index in [0.29, 0.717) is 18.6 Å². The zero-order chi connectivity index (χ0) is 18.0. The van der Waals surface area contributed by atoms with E-state index in [1.54, 1.807) is 41.9 Å². The minimum Gasteiger partial charge on any atom is -0.370 e. The van der Waals surface area contributed by atoms with E-state index in [-0.39, 0.29) is 28.0 Å². The topological polar surface area (TPSA) is 102 Å². The molecule has 0 radical (unpaired) electrons. The summed E-state index contributed by atoms with van der Waals surface area (Å²) in [4.78, 5) is 4.77. The molecule has 3 N–H and O–H groups in total. The summed E-state index contributed by atoms with van der Waals surface area (Å²) in [5, 5.41) is 7.33. The van der Waals surface area contributed by atoms with Crippen LogP contribution in [0.4, 0.5) is 5.82 Å². The van der Waals surface area contributed by atoms with Gasteiger partial charge in [-0.2, -0.15) is 0 Å². The first-order valence-corrected chi connectivity index (χ1v) is 9.54. The van der Waals surface area contributed by atoms with E-state index in [0.717, 1.165) is 17.8 Å². The lowest BCUT2D eigenvalue weighted by Gasteiger charge is -2.07. The highest BCUT2D eigenvalue weighted by Gasteiger charge is 2.29. The fourth-order valence-corrected chi connectivity index (χ4v) is 4.31. The number of sulfone groups is 1. The lowest BCUT2D eigenvalue weighted by molar-refractivity contribution is 0.597. The number of nitrogens with one attached hydrogen (secondary N) is 1. The van der Waals surface area contributed by atoms with Gasteiger partial charge in [0.1, 0.15) is 0 Å². The molecule has 2 heterocycles. The Morgan fingerprint density at radius 2 is 1.92 bits per heavy atom. The normalized spacial score (nSPS) is 11.3. The van der Waals surface area contributed by atoms with Crippen LogP contribution in [0.1, 0.15) is 17.8 Å². The highest BCUT2D eigenvalue weighted by Crippen LogP contribution is 2.31. The van der Waals surface area contributed by atoms with Crippen LogP contribution in [0.3, 0.4) is 0 Å². The minimum absolute atomic E-state index is 0. The second-order valence-electron chi connectivity index (χ2n) is 5.76. The second kappa shape index (κ2) is 8.03. The van der Waals surface area contributed by atoms with Crippen molar-refractivity contribution >= 4 is 33.7 Å². The molecule has 0 saturated carbocycles. The van der Waals surface area contributed by atoms with E-state index in [1.807, 2.05) is 13.0 Å². The predicted octanol–water partition coefficient (Wildman–Crippen LogP) is 2.23. The Morgan fingerprint density at radius 3 is 2.54 bits per heavy atom. The van der Waals surface area contributed by atoms with Crippen LogP contribution in [0.25, 0.3) is 5.65 Å². The van der Waals surface area contributed by atoms with E-state index in [4.69, 9.17) is 5.73 Å². The van der Waals surface area contributed by atoms with Gasteiger partial charge in [0.15, 0.2) is 16.4 Å². The Labute approximate surface area is 159 Å². The lowest BCUT2D eigenvalue weighted by Crippen LogP contribution is -2.08. The van der Waals surface area contributed by atoms with Gasteiger partial charge in [0.25, 0.3) is 0 Å². The molecule has 26 heavy (non-hydrogen) atoms. The molecule has 2 aromatic heterocycles. The van der Waals surface area contributed by atoms with Gasteiger partial charge in [0.2, 0.25) is 9.84 Å². The van der Waals surface area contributed by atoms with Crippen LogP contribution in [-0.2, 0) is 16.3 Å². The third-order valence-electron chi connectivity index (χ3n) is 3.94. The minimum atomic E-state index is -3.75. The number of benzene rings is 1. The lowest BCUT2D eigenvalue weighted by atomic mass is 10.2. The number of anilines is 1. The van der Waals surface area contributed by atoms with E-state index >= 15 is 0 Å². The fraction of sp³-hybridized carbons (Fsp3) is 0.294. The molecule has 9 heteroatoms. The molecule has 3 rings (SSSR count). The third-order valence-corrected chi connectivity index (χ3v) is 5.75. The summed E-state index contributed by atoms with van der Waals surface area (Å²) < 4.78 is 27.9. The number of aromatic nitrogens is 3. The third kappa shape index (κ3) is 3.53. The van der Waals surface area contributed by atoms with Crippen molar-refractivity contribution in [3.05, 3.63) is 47.8 Å². The molecule has 1 aromatic carbocycles. The molecule has 0 fully saturated rings. The highest BCUT2D eigenvalue weighted by molar-refractivity contribution is 7.91. The zero-order valence-electron chi connectivity index (χ0n) is 14.6. The SMILES string of the molecule is CNc1nn2c(CCCN)cc(C)nc2c1S(=O)(=O)c1ccccc1.Cl. The number of fused-ring (bicyclic) bond motifs is 1. The van der Waals surface area contributed by atoms with Gasteiger partial charge in [0, 0.05) is 18.4 Å². The maximum atomic E-state index is 13.2. The molecule has 0 aliphatic heterocycles. The molecule has 0 aliphatic rings. The van der Waals surface area contributed by atoms with Crippen LogP contribution in [0, 0.1) is 6.92 Å². The zero-order valence-corrected chi connectivity index (χ0v) is 16.3. The molecule has 140 valence electrons. The first-order chi connectivity index (χ1) is 12.0. The Bertz CT molecular complexity index is 1000. The van der Waals surface area contributed by atoms with Crippen LogP contribution in [0.2, 0.25) is 0 Å². The molecule has 3 aromatic rings. The maximum absolute atomic E-state index is 13.2. The average Bonchev–Trinajstić information content (AvgIpc) is 2.99. The van der Waals surface area contributed by atoms with Crippen LogP contribution in [0.5, 0.6) is 0 Å². The molecule has 0 unspecified atom stereocenters. The summed E-state index contributed by atoms with van der Waals surface area (Å²) in [7, 11) is -2.10. The quantitative estimate of drug-likeness (QED) is 0.663. The maximum Gasteiger partial charge on any atom is 0.214 e. The van der Waals surface area contributed by atoms with Crippen molar-refractivity contribution in [3.8, 4) is 0 Å². The summed E-state index contributed by atoms with van der Waals surface area (Å²) in [6, 6.07) is 10.2. The largest absolute Gasteiger partial charge is 0.370 e. The first-order valence-electron chi connectivity index (χ1n) is 8.06. The number of halogens is 1. The van der Waals surface area contributed by atoms with Crippen LogP contribution >= 0.6 is 12.4 Å². The van der Waals surface area contributed by atoms with Crippen molar-refractivity contribution in [1.29, 1.82) is 0 Å². The van der Waals surface area contributed by atoms with Crippen molar-refractivity contribution < 1.29 is 8.42 Å². The van der Waals surface area contributed by atoms with E-state index in [2.05, 4.69) is 15.4 Å². The van der Waals surface area contributed by atoms with Crippen molar-refractivity contribution in [2.45, 2.75) is 29.6 Å². The van der Waals surface area contributed by atoms with Gasteiger partial charge in [-0.3, -0.25) is 0 Å². The molecule has 0 saturated heterocycles. The summed E-state index contributed by atoms with van der Waals surface area (Å²) in [6.07, 6.45) is 1.49. The molecule has 7 nitrogen and oxygen atoms in total. The van der Waals surface area contributed by atoms with Crippen LogP contribution in [-0.4, -0.2) is 36.6 Å². The monoisotopic (exact) mass is 395 g/mol. The number of aryl methyl sites for hydroxylation is 2. The second-order valence-corrected chi connectivity index (χ2v) is 7.65. The van der Waals surface area contributed by atoms with E-state index in [1.165, 1.54) is 0 Å². The number of hydrogen-bond donors (Lipinski definition) is 2. The first kappa shape index (κ1) is 20.2. The Hall–Kier alpha value is -2.16. The Morgan fingerprint density at radius 1 is 1.23 bits per heavy atom. The number of nitrogens with zero attached hydrogens (tertiary/aromatic N) is 3. The molecule has 0 amide bonds. The smallest absolute Gasteiger partial charge is 0.214 e. The summed E-state index contributed by atoms with van der Waals surface area (Å²) in [6.45, 7) is 2.40. The van der Waals surface area contributed by atoms with Crippen molar-refractivity contribution in [1.82, 2.24) is 14.6 Å². The molecule has 0 bridgehead atoms.